The van der Waals surface area contributed by atoms with E-state index >= 15 is 0 Å². The molecule has 178 valence electrons. The summed E-state index contributed by atoms with van der Waals surface area (Å²) in [4.78, 5) is 39.3. The van der Waals surface area contributed by atoms with E-state index in [-0.39, 0.29) is 5.57 Å². The van der Waals surface area contributed by atoms with Gasteiger partial charge in [0.05, 0.1) is 12.3 Å². The maximum absolute atomic E-state index is 13.2. The molecule has 0 aromatic heterocycles. The van der Waals surface area contributed by atoms with Crippen LogP contribution in [0.5, 0.6) is 11.5 Å². The molecule has 0 unspecified atom stereocenters. The maximum Gasteiger partial charge on any atom is 0.335 e. The molecule has 1 aliphatic rings. The van der Waals surface area contributed by atoms with Crippen molar-refractivity contribution in [2.75, 3.05) is 11.5 Å². The van der Waals surface area contributed by atoms with Gasteiger partial charge in [-0.15, -0.1) is 0 Å². The minimum Gasteiger partial charge on any atom is -0.494 e. The molecule has 3 aromatic rings. The van der Waals surface area contributed by atoms with Crippen molar-refractivity contribution in [2.24, 2.45) is 0 Å². The third-order valence-corrected chi connectivity index (χ3v) is 5.42. The number of para-hydroxylation sites is 1. The molecule has 4 rings (SSSR count). The van der Waals surface area contributed by atoms with E-state index in [0.29, 0.717) is 36.0 Å². The lowest BCUT2D eigenvalue weighted by molar-refractivity contribution is -0.122. The lowest BCUT2D eigenvalue weighted by atomic mass is 10.1. The number of rotatable bonds is 9. The fourth-order valence-corrected chi connectivity index (χ4v) is 3.54. The first-order chi connectivity index (χ1) is 17.1. The number of anilines is 1. The summed E-state index contributed by atoms with van der Waals surface area (Å²) in [5.41, 5.74) is 1.71. The average Bonchev–Trinajstić information content (AvgIpc) is 2.87. The Bertz CT molecular complexity index is 1240. The Morgan fingerprint density at radius 1 is 0.857 bits per heavy atom. The summed E-state index contributed by atoms with van der Waals surface area (Å²) >= 11 is 0. The highest BCUT2D eigenvalue weighted by atomic mass is 16.5. The van der Waals surface area contributed by atoms with Crippen LogP contribution in [0.25, 0.3) is 6.08 Å². The second-order valence-corrected chi connectivity index (χ2v) is 7.97. The van der Waals surface area contributed by atoms with Crippen LogP contribution in [0.2, 0.25) is 0 Å². The van der Waals surface area contributed by atoms with Crippen LogP contribution in [0.15, 0.2) is 84.4 Å². The zero-order valence-electron chi connectivity index (χ0n) is 19.4. The van der Waals surface area contributed by atoms with Gasteiger partial charge in [0.2, 0.25) is 0 Å². The molecule has 7 nitrogen and oxygen atoms in total. The van der Waals surface area contributed by atoms with E-state index in [1.807, 2.05) is 36.4 Å². The number of urea groups is 1. The molecule has 1 aliphatic heterocycles. The third kappa shape index (κ3) is 5.76. The van der Waals surface area contributed by atoms with Gasteiger partial charge in [0.25, 0.3) is 11.8 Å². The van der Waals surface area contributed by atoms with Crippen molar-refractivity contribution < 1.29 is 23.9 Å². The lowest BCUT2D eigenvalue weighted by Gasteiger charge is -2.26. The quantitative estimate of drug-likeness (QED) is 0.267. The topological polar surface area (TPSA) is 84.9 Å². The van der Waals surface area contributed by atoms with Gasteiger partial charge in [-0.1, -0.05) is 61.9 Å². The smallest absolute Gasteiger partial charge is 0.335 e. The summed E-state index contributed by atoms with van der Waals surface area (Å²) in [5.74, 6) is -0.310. The third-order valence-electron chi connectivity index (χ3n) is 5.42. The normalized spacial score (nSPS) is 14.7. The Labute approximate surface area is 204 Å². The Hall–Kier alpha value is -4.39. The van der Waals surface area contributed by atoms with Gasteiger partial charge in [0.1, 0.15) is 23.7 Å². The zero-order valence-corrected chi connectivity index (χ0v) is 19.4. The maximum atomic E-state index is 13.2. The van der Waals surface area contributed by atoms with Crippen molar-refractivity contribution in [1.29, 1.82) is 0 Å². The molecule has 0 spiro atoms. The summed E-state index contributed by atoms with van der Waals surface area (Å²) in [6.45, 7) is 3.00. The summed E-state index contributed by atoms with van der Waals surface area (Å²) in [6.07, 6.45) is 3.39. The molecule has 4 amide bonds. The van der Waals surface area contributed by atoms with Gasteiger partial charge in [-0.05, 0) is 48.4 Å². The molecule has 0 radical (unpaired) electrons. The second-order valence-electron chi connectivity index (χ2n) is 7.97. The van der Waals surface area contributed by atoms with Crippen molar-refractivity contribution in [3.63, 3.8) is 0 Å². The van der Waals surface area contributed by atoms with Crippen LogP contribution in [0.3, 0.4) is 0 Å². The number of ether oxygens (including phenoxy) is 2. The molecule has 1 heterocycles. The number of hydrogen-bond acceptors (Lipinski definition) is 5. The largest absolute Gasteiger partial charge is 0.494 e. The fraction of sp³-hybridized carbons (Fsp3) is 0.179. The first kappa shape index (κ1) is 23.8. The SMILES string of the molecule is CCCCOc1ccc(N2C(=O)NC(=O)/C(=C/c3ccccc3OCc3ccccc3)C2=O)cc1. The van der Waals surface area contributed by atoms with Gasteiger partial charge in [0.15, 0.2) is 0 Å². The molecular weight excluding hydrogens is 444 g/mol. The second kappa shape index (κ2) is 11.2. The van der Waals surface area contributed by atoms with E-state index in [1.54, 1.807) is 42.5 Å². The van der Waals surface area contributed by atoms with Crippen LogP contribution >= 0.6 is 0 Å². The molecular formula is C28H26N2O5. The fourth-order valence-electron chi connectivity index (χ4n) is 3.54. The Morgan fingerprint density at radius 3 is 2.31 bits per heavy atom. The zero-order chi connectivity index (χ0) is 24.6. The molecule has 3 aromatic carbocycles. The number of imide groups is 2. The van der Waals surface area contributed by atoms with Crippen LogP contribution in [-0.2, 0) is 16.2 Å². The first-order valence-corrected chi connectivity index (χ1v) is 11.5. The number of benzene rings is 3. The molecule has 0 atom stereocenters. The number of nitrogens with zero attached hydrogens (tertiary/aromatic N) is 1. The number of hydrogen-bond donors (Lipinski definition) is 1. The molecule has 1 fully saturated rings. The van der Waals surface area contributed by atoms with Crippen molar-refractivity contribution >= 4 is 29.6 Å². The Balaban J connectivity index is 1.56. The number of carbonyl (C=O) groups excluding carboxylic acids is 3. The van der Waals surface area contributed by atoms with E-state index < -0.39 is 17.8 Å². The number of carbonyl (C=O) groups is 3. The number of nitrogens with one attached hydrogen (secondary N) is 1. The summed E-state index contributed by atoms with van der Waals surface area (Å²) in [7, 11) is 0. The van der Waals surface area contributed by atoms with Crippen LogP contribution < -0.4 is 19.7 Å². The summed E-state index contributed by atoms with van der Waals surface area (Å²) < 4.78 is 11.6. The van der Waals surface area contributed by atoms with E-state index in [4.69, 9.17) is 9.47 Å². The lowest BCUT2D eigenvalue weighted by Crippen LogP contribution is -2.54. The minimum absolute atomic E-state index is 0.163. The van der Waals surface area contributed by atoms with Gasteiger partial charge in [-0.25, -0.2) is 9.69 Å². The highest BCUT2D eigenvalue weighted by molar-refractivity contribution is 6.39. The molecule has 1 N–H and O–H groups in total. The Kier molecular flexibility index (Phi) is 7.57. The van der Waals surface area contributed by atoms with Gasteiger partial charge >= 0.3 is 6.03 Å². The van der Waals surface area contributed by atoms with E-state index in [1.165, 1.54) is 6.08 Å². The minimum atomic E-state index is -0.801. The molecule has 1 saturated heterocycles. The highest BCUT2D eigenvalue weighted by Gasteiger charge is 2.37. The van der Waals surface area contributed by atoms with Gasteiger partial charge in [-0.3, -0.25) is 14.9 Å². The Morgan fingerprint density at radius 2 is 1.57 bits per heavy atom. The van der Waals surface area contributed by atoms with Gasteiger partial charge in [0, 0.05) is 5.56 Å². The first-order valence-electron chi connectivity index (χ1n) is 11.5. The van der Waals surface area contributed by atoms with E-state index in [0.717, 1.165) is 23.3 Å². The molecule has 7 heteroatoms. The van der Waals surface area contributed by atoms with E-state index in [2.05, 4.69) is 12.2 Å². The average molecular weight is 471 g/mol. The van der Waals surface area contributed by atoms with Crippen LogP contribution in [0, 0.1) is 0 Å². The van der Waals surface area contributed by atoms with Crippen molar-refractivity contribution in [1.82, 2.24) is 5.32 Å². The van der Waals surface area contributed by atoms with Crippen LogP contribution in [0.1, 0.15) is 30.9 Å². The van der Waals surface area contributed by atoms with E-state index in [9.17, 15) is 14.4 Å². The van der Waals surface area contributed by atoms with Gasteiger partial charge in [-0.2, -0.15) is 0 Å². The van der Waals surface area contributed by atoms with Crippen molar-refractivity contribution in [3.05, 3.63) is 95.6 Å². The highest BCUT2D eigenvalue weighted by Crippen LogP contribution is 2.27. The van der Waals surface area contributed by atoms with Gasteiger partial charge < -0.3 is 9.47 Å². The van der Waals surface area contributed by atoms with Crippen LogP contribution in [-0.4, -0.2) is 24.5 Å². The number of barbiturate groups is 1. The molecule has 0 aliphatic carbocycles. The summed E-state index contributed by atoms with van der Waals surface area (Å²) in [5, 5.41) is 2.25. The summed E-state index contributed by atoms with van der Waals surface area (Å²) in [6, 6.07) is 22.6. The van der Waals surface area contributed by atoms with Crippen molar-refractivity contribution in [3.8, 4) is 11.5 Å². The number of unbranched alkanes of at least 4 members (excludes halogenated alkanes) is 1. The predicted octanol–water partition coefficient (Wildman–Crippen LogP) is 5.11. The predicted molar refractivity (Wildman–Crippen MR) is 133 cm³/mol. The van der Waals surface area contributed by atoms with Crippen molar-refractivity contribution in [2.45, 2.75) is 26.4 Å². The standard InChI is InChI=1S/C28H26N2O5/c1-2-3-17-34-23-15-13-22(14-16-23)30-27(32)24(26(31)29-28(30)33)18-21-11-7-8-12-25(21)35-19-20-9-5-4-6-10-20/h4-16,18H,2-3,17,19H2,1H3,(H,29,31,33)/b24-18-. The molecule has 35 heavy (non-hydrogen) atoms. The molecule has 0 saturated carbocycles. The number of amides is 4. The molecule has 0 bridgehead atoms. The monoisotopic (exact) mass is 470 g/mol. The van der Waals surface area contributed by atoms with Crippen LogP contribution in [0.4, 0.5) is 10.5 Å².